The predicted molar refractivity (Wildman–Crippen MR) is 80.6 cm³/mol. The summed E-state index contributed by atoms with van der Waals surface area (Å²) >= 11 is 0. The zero-order chi connectivity index (χ0) is 13.1. The highest BCUT2D eigenvalue weighted by Gasteiger charge is 2.10. The minimum Gasteiger partial charge on any atom is -0.493 e. The molecular formula is C18H16O. The van der Waals surface area contributed by atoms with Crippen LogP contribution in [0, 0.1) is 0 Å². The first-order valence-corrected chi connectivity index (χ1v) is 6.60. The second-order valence-corrected chi connectivity index (χ2v) is 4.46. The maximum atomic E-state index is 5.80. The van der Waals surface area contributed by atoms with Gasteiger partial charge in [0.15, 0.2) is 0 Å². The van der Waals surface area contributed by atoms with E-state index in [2.05, 4.69) is 60.7 Å². The maximum Gasteiger partial charge on any atom is 0.127 e. The van der Waals surface area contributed by atoms with Gasteiger partial charge in [0.1, 0.15) is 5.75 Å². The van der Waals surface area contributed by atoms with Crippen LogP contribution in [0.1, 0.15) is 6.92 Å². The van der Waals surface area contributed by atoms with Crippen molar-refractivity contribution in [3.63, 3.8) is 0 Å². The molecule has 94 valence electrons. The van der Waals surface area contributed by atoms with Crippen LogP contribution in [0.2, 0.25) is 0 Å². The SMILES string of the molecule is CCOc1ccc2ccccc2c1-c1ccccc1. The number of benzene rings is 3. The molecule has 0 heterocycles. The van der Waals surface area contributed by atoms with E-state index in [4.69, 9.17) is 4.74 Å². The standard InChI is InChI=1S/C18H16O/c1-2-19-17-13-12-14-8-6-7-11-16(14)18(17)15-9-4-3-5-10-15/h3-13H,2H2,1H3. The van der Waals surface area contributed by atoms with Gasteiger partial charge in [0.2, 0.25) is 0 Å². The molecule has 1 nitrogen and oxygen atoms in total. The Balaban J connectivity index is 2.32. The van der Waals surface area contributed by atoms with Gasteiger partial charge in [-0.15, -0.1) is 0 Å². The summed E-state index contributed by atoms with van der Waals surface area (Å²) in [6.45, 7) is 2.70. The highest BCUT2D eigenvalue weighted by atomic mass is 16.5. The smallest absolute Gasteiger partial charge is 0.127 e. The van der Waals surface area contributed by atoms with Crippen LogP contribution in [0.15, 0.2) is 66.7 Å². The molecule has 0 radical (unpaired) electrons. The van der Waals surface area contributed by atoms with E-state index in [0.717, 1.165) is 5.75 Å². The molecule has 3 aromatic carbocycles. The quantitative estimate of drug-likeness (QED) is 0.640. The highest BCUT2D eigenvalue weighted by Crippen LogP contribution is 2.36. The van der Waals surface area contributed by atoms with Crippen LogP contribution in [0.5, 0.6) is 5.75 Å². The zero-order valence-corrected chi connectivity index (χ0v) is 11.0. The average molecular weight is 248 g/mol. The van der Waals surface area contributed by atoms with Crippen LogP contribution in [0.4, 0.5) is 0 Å². The molecule has 0 spiro atoms. The fraction of sp³-hybridized carbons (Fsp3) is 0.111. The van der Waals surface area contributed by atoms with Gasteiger partial charge in [-0.1, -0.05) is 60.7 Å². The van der Waals surface area contributed by atoms with Crippen molar-refractivity contribution >= 4 is 10.8 Å². The van der Waals surface area contributed by atoms with Crippen LogP contribution >= 0.6 is 0 Å². The van der Waals surface area contributed by atoms with E-state index in [1.54, 1.807) is 0 Å². The Kier molecular flexibility index (Phi) is 3.20. The molecule has 0 unspecified atom stereocenters. The van der Waals surface area contributed by atoms with Gasteiger partial charge in [-0.25, -0.2) is 0 Å². The molecule has 0 fully saturated rings. The Morgan fingerprint density at radius 2 is 1.53 bits per heavy atom. The Bertz CT molecular complexity index is 686. The van der Waals surface area contributed by atoms with Crippen molar-refractivity contribution < 1.29 is 4.74 Å². The van der Waals surface area contributed by atoms with Crippen molar-refractivity contribution in [3.8, 4) is 16.9 Å². The minimum atomic E-state index is 0.679. The summed E-state index contributed by atoms with van der Waals surface area (Å²) in [6, 6.07) is 23.0. The van der Waals surface area contributed by atoms with E-state index in [1.165, 1.54) is 21.9 Å². The Morgan fingerprint density at radius 3 is 2.32 bits per heavy atom. The lowest BCUT2D eigenvalue weighted by atomic mass is 9.97. The second-order valence-electron chi connectivity index (χ2n) is 4.46. The number of ether oxygens (including phenoxy) is 1. The van der Waals surface area contributed by atoms with E-state index in [1.807, 2.05) is 13.0 Å². The molecule has 3 rings (SSSR count). The molecule has 0 aromatic heterocycles. The van der Waals surface area contributed by atoms with Gasteiger partial charge in [0.05, 0.1) is 6.61 Å². The lowest BCUT2D eigenvalue weighted by Gasteiger charge is -2.13. The van der Waals surface area contributed by atoms with Crippen LogP contribution in [0.25, 0.3) is 21.9 Å². The predicted octanol–water partition coefficient (Wildman–Crippen LogP) is 4.91. The largest absolute Gasteiger partial charge is 0.493 e. The summed E-state index contributed by atoms with van der Waals surface area (Å²) < 4.78 is 5.80. The topological polar surface area (TPSA) is 9.23 Å². The molecule has 0 atom stereocenters. The maximum absolute atomic E-state index is 5.80. The van der Waals surface area contributed by atoms with Gasteiger partial charge in [-0.3, -0.25) is 0 Å². The van der Waals surface area contributed by atoms with Gasteiger partial charge >= 0.3 is 0 Å². The number of rotatable bonds is 3. The Morgan fingerprint density at radius 1 is 0.789 bits per heavy atom. The highest BCUT2D eigenvalue weighted by molar-refractivity contribution is 5.99. The van der Waals surface area contributed by atoms with Crippen LogP contribution in [0.3, 0.4) is 0 Å². The Labute approximate surface area is 113 Å². The van der Waals surface area contributed by atoms with Crippen LogP contribution < -0.4 is 4.74 Å². The second kappa shape index (κ2) is 5.15. The van der Waals surface area contributed by atoms with Crippen molar-refractivity contribution in [2.24, 2.45) is 0 Å². The fourth-order valence-corrected chi connectivity index (χ4v) is 2.43. The summed E-state index contributed by atoms with van der Waals surface area (Å²) in [4.78, 5) is 0. The molecular weight excluding hydrogens is 232 g/mol. The number of fused-ring (bicyclic) bond motifs is 1. The molecule has 0 amide bonds. The summed E-state index contributed by atoms with van der Waals surface area (Å²) in [5, 5.41) is 2.48. The van der Waals surface area contributed by atoms with Gasteiger partial charge in [0, 0.05) is 5.56 Å². The molecule has 0 aliphatic carbocycles. The third-order valence-corrected chi connectivity index (χ3v) is 3.25. The monoisotopic (exact) mass is 248 g/mol. The number of hydrogen-bond acceptors (Lipinski definition) is 1. The van der Waals surface area contributed by atoms with Crippen LogP contribution in [-0.4, -0.2) is 6.61 Å². The van der Waals surface area contributed by atoms with Crippen molar-refractivity contribution in [1.29, 1.82) is 0 Å². The summed E-state index contributed by atoms with van der Waals surface area (Å²) in [5.41, 5.74) is 2.38. The van der Waals surface area contributed by atoms with E-state index in [0.29, 0.717) is 6.61 Å². The van der Waals surface area contributed by atoms with E-state index in [-0.39, 0.29) is 0 Å². The molecule has 0 N–H and O–H groups in total. The van der Waals surface area contributed by atoms with Crippen LogP contribution in [-0.2, 0) is 0 Å². The van der Waals surface area contributed by atoms with Crippen molar-refractivity contribution in [2.75, 3.05) is 6.61 Å². The van der Waals surface area contributed by atoms with Crippen molar-refractivity contribution in [3.05, 3.63) is 66.7 Å². The molecule has 0 bridgehead atoms. The van der Waals surface area contributed by atoms with Gasteiger partial charge < -0.3 is 4.74 Å². The molecule has 0 saturated carbocycles. The molecule has 0 saturated heterocycles. The number of hydrogen-bond donors (Lipinski definition) is 0. The third-order valence-electron chi connectivity index (χ3n) is 3.25. The lowest BCUT2D eigenvalue weighted by molar-refractivity contribution is 0.342. The summed E-state index contributed by atoms with van der Waals surface area (Å²) in [5.74, 6) is 0.951. The normalized spacial score (nSPS) is 10.6. The first-order valence-electron chi connectivity index (χ1n) is 6.60. The molecule has 0 aliphatic heterocycles. The molecule has 1 heteroatoms. The zero-order valence-electron chi connectivity index (χ0n) is 11.0. The lowest BCUT2D eigenvalue weighted by Crippen LogP contribution is -1.94. The molecule has 3 aromatic rings. The van der Waals surface area contributed by atoms with E-state index < -0.39 is 0 Å². The van der Waals surface area contributed by atoms with Crippen molar-refractivity contribution in [2.45, 2.75) is 6.92 Å². The third kappa shape index (κ3) is 2.19. The minimum absolute atomic E-state index is 0.679. The fourth-order valence-electron chi connectivity index (χ4n) is 2.43. The summed E-state index contributed by atoms with van der Waals surface area (Å²) in [6.07, 6.45) is 0. The first-order chi connectivity index (χ1) is 9.40. The van der Waals surface area contributed by atoms with Gasteiger partial charge in [0.25, 0.3) is 0 Å². The Hall–Kier alpha value is -2.28. The molecule has 0 aliphatic rings. The average Bonchev–Trinajstić information content (AvgIpc) is 2.48. The first kappa shape index (κ1) is 11.8. The van der Waals surface area contributed by atoms with Gasteiger partial charge in [-0.05, 0) is 29.3 Å². The van der Waals surface area contributed by atoms with E-state index in [9.17, 15) is 0 Å². The van der Waals surface area contributed by atoms with Crippen molar-refractivity contribution in [1.82, 2.24) is 0 Å². The summed E-state index contributed by atoms with van der Waals surface area (Å²) in [7, 11) is 0. The van der Waals surface area contributed by atoms with Gasteiger partial charge in [-0.2, -0.15) is 0 Å². The molecule has 19 heavy (non-hydrogen) atoms. The van der Waals surface area contributed by atoms with E-state index >= 15 is 0 Å².